The molecule has 4 bridgehead atoms. The van der Waals surface area contributed by atoms with Gasteiger partial charge in [0.1, 0.15) is 6.04 Å². The Morgan fingerprint density at radius 3 is 2.07 bits per heavy atom. The van der Waals surface area contributed by atoms with Gasteiger partial charge in [0, 0.05) is 17.5 Å². The summed E-state index contributed by atoms with van der Waals surface area (Å²) in [5.41, 5.74) is 1.19. The standard InChI is InChI=1S/C22H28N2O4/c1-13(20(26)27)24-19(25)18-4-2-14(3-5-18)12-23-21(28)22-9-15-6-16(10-22)8-17(7-15)11-22/h2-5,13,15-17H,6-12H2,1H3,(H,23,28)(H,24,25)(H,26,27)/t13-,15?,16?,17?,22?/m1/s1. The van der Waals surface area contributed by atoms with E-state index in [0.29, 0.717) is 12.1 Å². The summed E-state index contributed by atoms with van der Waals surface area (Å²) in [4.78, 5) is 35.9. The minimum absolute atomic E-state index is 0.151. The molecule has 0 aromatic heterocycles. The van der Waals surface area contributed by atoms with E-state index in [9.17, 15) is 14.4 Å². The molecule has 0 saturated heterocycles. The number of hydrogen-bond acceptors (Lipinski definition) is 3. The van der Waals surface area contributed by atoms with Crippen LogP contribution >= 0.6 is 0 Å². The number of rotatable bonds is 6. The van der Waals surface area contributed by atoms with Gasteiger partial charge in [0.15, 0.2) is 0 Å². The van der Waals surface area contributed by atoms with Crippen molar-refractivity contribution in [1.82, 2.24) is 10.6 Å². The maximum Gasteiger partial charge on any atom is 0.325 e. The molecule has 1 aromatic rings. The first kappa shape index (κ1) is 19.0. The molecular formula is C22H28N2O4. The summed E-state index contributed by atoms with van der Waals surface area (Å²) in [5.74, 6) is 0.925. The molecule has 150 valence electrons. The van der Waals surface area contributed by atoms with Crippen LogP contribution in [0.5, 0.6) is 0 Å². The minimum atomic E-state index is -1.07. The number of nitrogens with one attached hydrogen (secondary N) is 2. The first-order valence-electron chi connectivity index (χ1n) is 10.3. The van der Waals surface area contributed by atoms with Crippen molar-refractivity contribution in [3.05, 3.63) is 35.4 Å². The summed E-state index contributed by atoms with van der Waals surface area (Å²) in [7, 11) is 0. The number of carbonyl (C=O) groups is 3. The topological polar surface area (TPSA) is 95.5 Å². The molecule has 0 spiro atoms. The van der Waals surface area contributed by atoms with E-state index in [1.54, 1.807) is 24.3 Å². The molecule has 6 nitrogen and oxygen atoms in total. The van der Waals surface area contributed by atoms with Crippen LogP contribution in [0.25, 0.3) is 0 Å². The molecule has 1 aromatic carbocycles. The van der Waals surface area contributed by atoms with Gasteiger partial charge in [0.2, 0.25) is 5.91 Å². The second-order valence-corrected chi connectivity index (χ2v) is 9.11. The first-order valence-corrected chi connectivity index (χ1v) is 10.3. The van der Waals surface area contributed by atoms with Crippen molar-refractivity contribution in [2.75, 3.05) is 0 Å². The molecule has 4 aliphatic rings. The van der Waals surface area contributed by atoms with E-state index in [1.165, 1.54) is 26.2 Å². The number of carboxylic acids is 1. The number of carbonyl (C=O) groups excluding carboxylic acids is 2. The average Bonchev–Trinajstić information content (AvgIpc) is 2.65. The smallest absolute Gasteiger partial charge is 0.325 e. The molecule has 1 atom stereocenters. The van der Waals surface area contributed by atoms with Gasteiger partial charge in [-0.2, -0.15) is 0 Å². The third kappa shape index (κ3) is 3.64. The Morgan fingerprint density at radius 1 is 1.04 bits per heavy atom. The van der Waals surface area contributed by atoms with Crippen LogP contribution in [0.2, 0.25) is 0 Å². The Hall–Kier alpha value is -2.37. The summed E-state index contributed by atoms with van der Waals surface area (Å²) in [6.07, 6.45) is 7.09. The maximum absolute atomic E-state index is 13.0. The van der Waals surface area contributed by atoms with Crippen molar-refractivity contribution in [3.63, 3.8) is 0 Å². The van der Waals surface area contributed by atoms with Crippen molar-refractivity contribution < 1.29 is 19.5 Å². The van der Waals surface area contributed by atoms with Gasteiger partial charge in [-0.25, -0.2) is 0 Å². The Balaban J connectivity index is 1.33. The third-order valence-electron chi connectivity index (χ3n) is 6.91. The Morgan fingerprint density at radius 2 is 1.57 bits per heavy atom. The van der Waals surface area contributed by atoms with Crippen molar-refractivity contribution in [3.8, 4) is 0 Å². The van der Waals surface area contributed by atoms with Crippen LogP contribution in [0.4, 0.5) is 0 Å². The minimum Gasteiger partial charge on any atom is -0.480 e. The fourth-order valence-electron chi connectivity index (χ4n) is 5.87. The van der Waals surface area contributed by atoms with Gasteiger partial charge in [-0.1, -0.05) is 12.1 Å². The zero-order valence-electron chi connectivity index (χ0n) is 16.2. The van der Waals surface area contributed by atoms with Crippen molar-refractivity contribution >= 4 is 17.8 Å². The predicted molar refractivity (Wildman–Crippen MR) is 103 cm³/mol. The molecule has 3 N–H and O–H groups in total. The number of hydrogen-bond donors (Lipinski definition) is 3. The molecule has 0 radical (unpaired) electrons. The summed E-state index contributed by atoms with van der Waals surface area (Å²) in [6, 6.07) is 6.00. The van der Waals surface area contributed by atoms with Gasteiger partial charge in [-0.3, -0.25) is 14.4 Å². The van der Waals surface area contributed by atoms with E-state index in [0.717, 1.165) is 42.6 Å². The molecule has 28 heavy (non-hydrogen) atoms. The van der Waals surface area contributed by atoms with Gasteiger partial charge >= 0.3 is 5.97 Å². The second kappa shape index (κ2) is 7.22. The van der Waals surface area contributed by atoms with E-state index in [4.69, 9.17) is 5.11 Å². The highest BCUT2D eigenvalue weighted by atomic mass is 16.4. The SMILES string of the molecule is C[C@@H](NC(=O)c1ccc(CNC(=O)C23CC4CC(CC(C4)C2)C3)cc1)C(=O)O. The highest BCUT2D eigenvalue weighted by Crippen LogP contribution is 2.60. The van der Waals surface area contributed by atoms with E-state index >= 15 is 0 Å². The quantitative estimate of drug-likeness (QED) is 0.703. The largest absolute Gasteiger partial charge is 0.480 e. The highest BCUT2D eigenvalue weighted by Gasteiger charge is 2.54. The zero-order valence-corrected chi connectivity index (χ0v) is 16.2. The lowest BCUT2D eigenvalue weighted by Crippen LogP contribution is -2.53. The average molecular weight is 384 g/mol. The second-order valence-electron chi connectivity index (χ2n) is 9.11. The van der Waals surface area contributed by atoms with Gasteiger partial charge in [-0.05, 0) is 80.9 Å². The molecule has 0 heterocycles. The first-order chi connectivity index (χ1) is 13.3. The van der Waals surface area contributed by atoms with Crippen molar-refractivity contribution in [2.24, 2.45) is 23.2 Å². The van der Waals surface area contributed by atoms with Crippen molar-refractivity contribution in [1.29, 1.82) is 0 Å². The molecule has 6 heteroatoms. The summed E-state index contributed by atoms with van der Waals surface area (Å²) in [6.45, 7) is 1.88. The van der Waals surface area contributed by atoms with E-state index in [1.807, 2.05) is 0 Å². The fourth-order valence-corrected chi connectivity index (χ4v) is 5.87. The molecular weight excluding hydrogens is 356 g/mol. The molecule has 4 saturated carbocycles. The Bertz CT molecular complexity index is 751. The van der Waals surface area contributed by atoms with Crippen LogP contribution < -0.4 is 10.6 Å². The fraction of sp³-hybridized carbons (Fsp3) is 0.591. The summed E-state index contributed by atoms with van der Waals surface area (Å²) in [5, 5.41) is 14.4. The van der Waals surface area contributed by atoms with Crippen LogP contribution in [0, 0.1) is 23.2 Å². The maximum atomic E-state index is 13.0. The van der Waals surface area contributed by atoms with Gasteiger partial charge < -0.3 is 15.7 Å². The van der Waals surface area contributed by atoms with E-state index in [2.05, 4.69) is 10.6 Å². The monoisotopic (exact) mass is 384 g/mol. The zero-order chi connectivity index (χ0) is 19.9. The van der Waals surface area contributed by atoms with Gasteiger partial charge in [-0.15, -0.1) is 0 Å². The molecule has 4 fully saturated rings. The lowest BCUT2D eigenvalue weighted by molar-refractivity contribution is -0.146. The summed E-state index contributed by atoms with van der Waals surface area (Å²) >= 11 is 0. The van der Waals surface area contributed by atoms with E-state index < -0.39 is 17.9 Å². The predicted octanol–water partition coefficient (Wildman–Crippen LogP) is 2.72. The summed E-state index contributed by atoms with van der Waals surface area (Å²) < 4.78 is 0. The number of benzene rings is 1. The van der Waals surface area contributed by atoms with Gasteiger partial charge in [0.25, 0.3) is 5.91 Å². The number of carboxylic acid groups (broad SMARTS) is 1. The molecule has 2 amide bonds. The molecule has 0 aliphatic heterocycles. The van der Waals surface area contributed by atoms with Crippen molar-refractivity contribution in [2.45, 2.75) is 58.0 Å². The van der Waals surface area contributed by atoms with Crippen LogP contribution in [-0.4, -0.2) is 28.9 Å². The lowest BCUT2D eigenvalue weighted by Gasteiger charge is -2.55. The Kier molecular flexibility index (Phi) is 4.89. The molecule has 0 unspecified atom stereocenters. The van der Waals surface area contributed by atoms with Crippen LogP contribution in [0.1, 0.15) is 61.4 Å². The number of aliphatic carboxylic acids is 1. The number of amides is 2. The highest BCUT2D eigenvalue weighted by molar-refractivity contribution is 5.96. The van der Waals surface area contributed by atoms with Crippen LogP contribution in [0.15, 0.2) is 24.3 Å². The third-order valence-corrected chi connectivity index (χ3v) is 6.91. The van der Waals surface area contributed by atoms with Crippen LogP contribution in [0.3, 0.4) is 0 Å². The normalized spacial score (nSPS) is 31.2. The Labute approximate surface area is 165 Å². The van der Waals surface area contributed by atoms with Gasteiger partial charge in [0.05, 0.1) is 0 Å². The molecule has 4 aliphatic carbocycles. The molecule has 5 rings (SSSR count). The van der Waals surface area contributed by atoms with E-state index in [-0.39, 0.29) is 11.3 Å². The lowest BCUT2D eigenvalue weighted by atomic mass is 9.49. The van der Waals surface area contributed by atoms with Crippen LogP contribution in [-0.2, 0) is 16.1 Å².